The van der Waals surface area contributed by atoms with E-state index >= 15 is 0 Å². The molecule has 0 bridgehead atoms. The van der Waals surface area contributed by atoms with Gasteiger partial charge in [-0.2, -0.15) is 5.10 Å². The molecule has 1 atom stereocenters. The van der Waals surface area contributed by atoms with Crippen LogP contribution >= 0.6 is 0 Å². The lowest BCUT2D eigenvalue weighted by Crippen LogP contribution is -2.37. The van der Waals surface area contributed by atoms with Crippen LogP contribution in [-0.4, -0.2) is 36.1 Å². The summed E-state index contributed by atoms with van der Waals surface area (Å²) < 4.78 is 7.91. The summed E-state index contributed by atoms with van der Waals surface area (Å²) in [6.45, 7) is 6.14. The maximum atomic E-state index is 5.70. The zero-order chi connectivity index (χ0) is 14.5. The van der Waals surface area contributed by atoms with Crippen molar-refractivity contribution < 1.29 is 4.74 Å². The largest absolute Gasteiger partial charge is 0.381 e. The molecular formula is C17H29N3O. The van der Waals surface area contributed by atoms with Crippen LogP contribution in [0.4, 0.5) is 0 Å². The van der Waals surface area contributed by atoms with Gasteiger partial charge in [-0.1, -0.05) is 19.8 Å². The molecule has 1 unspecified atom stereocenters. The van der Waals surface area contributed by atoms with Crippen molar-refractivity contribution in [2.75, 3.05) is 26.3 Å². The lowest BCUT2D eigenvalue weighted by molar-refractivity contribution is 0.148. The van der Waals surface area contributed by atoms with Gasteiger partial charge < -0.3 is 10.1 Å². The molecule has 118 valence electrons. The van der Waals surface area contributed by atoms with Gasteiger partial charge in [0.05, 0.1) is 18.3 Å². The molecule has 1 aromatic heterocycles. The predicted octanol–water partition coefficient (Wildman–Crippen LogP) is 2.95. The molecule has 4 heteroatoms. The van der Waals surface area contributed by atoms with E-state index < -0.39 is 0 Å². The Morgan fingerprint density at radius 2 is 2.29 bits per heavy atom. The van der Waals surface area contributed by atoms with Crippen LogP contribution in [0.3, 0.4) is 0 Å². The molecule has 3 rings (SSSR count). The first kappa shape index (κ1) is 15.0. The Bertz CT molecular complexity index is 431. The lowest BCUT2D eigenvalue weighted by Gasteiger charge is -2.27. The van der Waals surface area contributed by atoms with E-state index in [9.17, 15) is 0 Å². The summed E-state index contributed by atoms with van der Waals surface area (Å²) in [6.07, 6.45) is 10.9. The number of nitrogens with zero attached hydrogens (tertiary/aromatic N) is 2. The third-order valence-corrected chi connectivity index (χ3v) is 5.03. The minimum Gasteiger partial charge on any atom is -0.381 e. The molecule has 1 N–H and O–H groups in total. The van der Waals surface area contributed by atoms with Crippen LogP contribution in [0, 0.1) is 5.41 Å². The second-order valence-electron chi connectivity index (χ2n) is 6.88. The number of hydrogen-bond donors (Lipinski definition) is 1. The number of ether oxygens (including phenoxy) is 1. The van der Waals surface area contributed by atoms with Crippen LogP contribution in [0.1, 0.15) is 57.2 Å². The quantitative estimate of drug-likeness (QED) is 0.785. The average Bonchev–Trinajstić information content (AvgIpc) is 3.19. The molecule has 0 spiro atoms. The highest BCUT2D eigenvalue weighted by Gasteiger charge is 2.35. The second-order valence-corrected chi connectivity index (χ2v) is 6.88. The zero-order valence-electron chi connectivity index (χ0n) is 13.3. The van der Waals surface area contributed by atoms with Gasteiger partial charge in [-0.15, -0.1) is 0 Å². The molecule has 2 heterocycles. The smallest absolute Gasteiger partial charge is 0.0631 e. The molecule has 1 aliphatic carbocycles. The highest BCUT2D eigenvalue weighted by molar-refractivity contribution is 5.06. The van der Waals surface area contributed by atoms with Gasteiger partial charge in [0.2, 0.25) is 0 Å². The topological polar surface area (TPSA) is 39.1 Å². The van der Waals surface area contributed by atoms with Gasteiger partial charge in [-0.3, -0.25) is 4.68 Å². The minimum atomic E-state index is 0.254. The SMILES string of the molecule is CCCNCC1(Cc2ccn(C3CCCC3)n2)CCOC1. The fourth-order valence-corrected chi connectivity index (χ4v) is 3.75. The molecule has 1 saturated heterocycles. The van der Waals surface area contributed by atoms with Crippen LogP contribution in [0.2, 0.25) is 0 Å². The Morgan fingerprint density at radius 3 is 3.00 bits per heavy atom. The van der Waals surface area contributed by atoms with Crippen molar-refractivity contribution in [3.05, 3.63) is 18.0 Å². The van der Waals surface area contributed by atoms with Crippen molar-refractivity contribution >= 4 is 0 Å². The van der Waals surface area contributed by atoms with Gasteiger partial charge in [0.25, 0.3) is 0 Å². The molecule has 0 radical (unpaired) electrons. The van der Waals surface area contributed by atoms with Crippen LogP contribution in [0.15, 0.2) is 12.3 Å². The summed E-state index contributed by atoms with van der Waals surface area (Å²) in [5.74, 6) is 0. The molecule has 1 saturated carbocycles. The van der Waals surface area contributed by atoms with Gasteiger partial charge in [0.1, 0.15) is 0 Å². The van der Waals surface area contributed by atoms with E-state index in [0.717, 1.165) is 39.1 Å². The van der Waals surface area contributed by atoms with Crippen molar-refractivity contribution in [2.45, 2.75) is 57.9 Å². The van der Waals surface area contributed by atoms with Crippen molar-refractivity contribution in [2.24, 2.45) is 5.41 Å². The Kier molecular flexibility index (Phi) is 4.96. The normalized spacial score (nSPS) is 26.7. The number of rotatable bonds is 7. The monoisotopic (exact) mass is 291 g/mol. The average molecular weight is 291 g/mol. The standard InChI is InChI=1S/C17H29N3O/c1-2-9-18-13-17(8-11-21-14-17)12-15-7-10-20(19-15)16-5-3-4-6-16/h7,10,16,18H,2-6,8-9,11-14H2,1H3. The first-order chi connectivity index (χ1) is 10.3. The summed E-state index contributed by atoms with van der Waals surface area (Å²) in [5, 5.41) is 8.45. The van der Waals surface area contributed by atoms with Gasteiger partial charge in [0.15, 0.2) is 0 Å². The lowest BCUT2D eigenvalue weighted by atomic mass is 9.82. The van der Waals surface area contributed by atoms with E-state index in [1.165, 1.54) is 37.8 Å². The zero-order valence-corrected chi connectivity index (χ0v) is 13.3. The molecular weight excluding hydrogens is 262 g/mol. The van der Waals surface area contributed by atoms with Crippen molar-refractivity contribution in [1.82, 2.24) is 15.1 Å². The van der Waals surface area contributed by atoms with Crippen molar-refractivity contribution in [1.29, 1.82) is 0 Å². The van der Waals surface area contributed by atoms with Gasteiger partial charge >= 0.3 is 0 Å². The van der Waals surface area contributed by atoms with Crippen LogP contribution in [0.5, 0.6) is 0 Å². The van der Waals surface area contributed by atoms with E-state index in [1.807, 2.05) is 0 Å². The summed E-state index contributed by atoms with van der Waals surface area (Å²) in [6, 6.07) is 2.87. The Balaban J connectivity index is 1.62. The van der Waals surface area contributed by atoms with Crippen LogP contribution in [0.25, 0.3) is 0 Å². The van der Waals surface area contributed by atoms with Gasteiger partial charge in [-0.05, 0) is 38.3 Å². The second kappa shape index (κ2) is 6.93. The number of aromatic nitrogens is 2. The van der Waals surface area contributed by atoms with Crippen molar-refractivity contribution in [3.63, 3.8) is 0 Å². The van der Waals surface area contributed by atoms with Gasteiger partial charge in [-0.25, -0.2) is 0 Å². The number of hydrogen-bond acceptors (Lipinski definition) is 3. The molecule has 2 fully saturated rings. The Morgan fingerprint density at radius 1 is 1.43 bits per heavy atom. The van der Waals surface area contributed by atoms with E-state index in [4.69, 9.17) is 9.84 Å². The predicted molar refractivity (Wildman–Crippen MR) is 84.5 cm³/mol. The Labute approximate surface area is 128 Å². The molecule has 1 aliphatic heterocycles. The van der Waals surface area contributed by atoms with E-state index in [0.29, 0.717) is 6.04 Å². The fourth-order valence-electron chi connectivity index (χ4n) is 3.75. The van der Waals surface area contributed by atoms with Gasteiger partial charge in [0, 0.05) is 31.2 Å². The fraction of sp³-hybridized carbons (Fsp3) is 0.824. The van der Waals surface area contributed by atoms with E-state index in [2.05, 4.69) is 29.2 Å². The minimum absolute atomic E-state index is 0.254. The third-order valence-electron chi connectivity index (χ3n) is 5.03. The van der Waals surface area contributed by atoms with E-state index in [-0.39, 0.29) is 5.41 Å². The van der Waals surface area contributed by atoms with Crippen LogP contribution in [-0.2, 0) is 11.2 Å². The third kappa shape index (κ3) is 3.67. The summed E-state index contributed by atoms with van der Waals surface area (Å²) in [4.78, 5) is 0. The molecule has 0 amide bonds. The summed E-state index contributed by atoms with van der Waals surface area (Å²) in [7, 11) is 0. The summed E-state index contributed by atoms with van der Waals surface area (Å²) >= 11 is 0. The maximum Gasteiger partial charge on any atom is 0.0631 e. The molecule has 1 aromatic rings. The first-order valence-corrected chi connectivity index (χ1v) is 8.64. The number of nitrogens with one attached hydrogen (secondary N) is 1. The molecule has 4 nitrogen and oxygen atoms in total. The maximum absolute atomic E-state index is 5.70. The molecule has 21 heavy (non-hydrogen) atoms. The summed E-state index contributed by atoms with van der Waals surface area (Å²) in [5.41, 5.74) is 1.50. The molecule has 0 aromatic carbocycles. The first-order valence-electron chi connectivity index (χ1n) is 8.64. The van der Waals surface area contributed by atoms with Crippen molar-refractivity contribution in [3.8, 4) is 0 Å². The Hall–Kier alpha value is -0.870. The highest BCUT2D eigenvalue weighted by atomic mass is 16.5. The molecule has 2 aliphatic rings. The highest BCUT2D eigenvalue weighted by Crippen LogP contribution is 2.33. The van der Waals surface area contributed by atoms with Crippen LogP contribution < -0.4 is 5.32 Å². The van der Waals surface area contributed by atoms with E-state index in [1.54, 1.807) is 0 Å².